The third-order valence-electron chi connectivity index (χ3n) is 2.47. The Labute approximate surface area is 124 Å². The van der Waals surface area contributed by atoms with Crippen LogP contribution in [0.4, 0.5) is 0 Å². The number of benzene rings is 2. The lowest BCUT2D eigenvalue weighted by molar-refractivity contribution is 0.204. The molecular weight excluding hydrogens is 332 g/mol. The Hall–Kier alpha value is -0.480. The molecule has 0 aliphatic heterocycles. The van der Waals surface area contributed by atoms with Gasteiger partial charge in [0.1, 0.15) is 0 Å². The van der Waals surface area contributed by atoms with Crippen molar-refractivity contribution in [1.29, 1.82) is 0 Å². The molecule has 0 aliphatic carbocycles. The van der Waals surface area contributed by atoms with Crippen molar-refractivity contribution < 1.29 is 5.11 Å². The Balaban J connectivity index is 2.00. The third kappa shape index (κ3) is 3.75. The van der Waals surface area contributed by atoms with Gasteiger partial charge < -0.3 is 5.11 Å². The lowest BCUT2D eigenvalue weighted by Gasteiger charge is -2.11. The molecule has 94 valence electrons. The molecule has 4 heteroatoms. The maximum absolute atomic E-state index is 10.1. The van der Waals surface area contributed by atoms with Crippen LogP contribution in [-0.2, 0) is 0 Å². The smallest absolute Gasteiger partial charge is 0.0884 e. The first-order valence-corrected chi connectivity index (χ1v) is 7.63. The van der Waals surface area contributed by atoms with Gasteiger partial charge in [0, 0.05) is 15.1 Å². The average molecular weight is 344 g/mol. The molecule has 2 aromatic carbocycles. The largest absolute Gasteiger partial charge is 0.388 e. The highest BCUT2D eigenvalue weighted by molar-refractivity contribution is 9.10. The number of aliphatic hydroxyl groups excluding tert-OH is 1. The van der Waals surface area contributed by atoms with E-state index in [-0.39, 0.29) is 0 Å². The van der Waals surface area contributed by atoms with Gasteiger partial charge in [-0.3, -0.25) is 0 Å². The second-order valence-corrected chi connectivity index (χ2v) is 6.20. The summed E-state index contributed by atoms with van der Waals surface area (Å²) in [4.78, 5) is 0.994. The van der Waals surface area contributed by atoms with Gasteiger partial charge in [0.05, 0.1) is 11.1 Å². The van der Waals surface area contributed by atoms with Crippen molar-refractivity contribution in [3.8, 4) is 0 Å². The molecule has 0 aliphatic rings. The van der Waals surface area contributed by atoms with Gasteiger partial charge in [-0.25, -0.2) is 0 Å². The fourth-order valence-electron chi connectivity index (χ4n) is 1.54. The Morgan fingerprint density at radius 1 is 1.17 bits per heavy atom. The fourth-order valence-corrected chi connectivity index (χ4v) is 3.17. The molecule has 0 spiro atoms. The van der Waals surface area contributed by atoms with Crippen LogP contribution in [0.5, 0.6) is 0 Å². The van der Waals surface area contributed by atoms with Crippen molar-refractivity contribution in [1.82, 2.24) is 0 Å². The lowest BCUT2D eigenvalue weighted by Crippen LogP contribution is -2.00. The quantitative estimate of drug-likeness (QED) is 0.794. The maximum Gasteiger partial charge on any atom is 0.0884 e. The minimum Gasteiger partial charge on any atom is -0.388 e. The monoisotopic (exact) mass is 342 g/mol. The molecule has 0 heterocycles. The van der Waals surface area contributed by atoms with Gasteiger partial charge in [0.2, 0.25) is 0 Å². The first-order chi connectivity index (χ1) is 8.66. The van der Waals surface area contributed by atoms with Crippen LogP contribution in [0.2, 0.25) is 5.02 Å². The Morgan fingerprint density at radius 3 is 2.67 bits per heavy atom. The molecule has 0 fully saturated rings. The molecule has 0 radical (unpaired) electrons. The zero-order valence-electron chi connectivity index (χ0n) is 9.51. The number of aliphatic hydroxyl groups is 1. The van der Waals surface area contributed by atoms with Crippen LogP contribution < -0.4 is 0 Å². The summed E-state index contributed by atoms with van der Waals surface area (Å²) in [5.41, 5.74) is 0.906. The summed E-state index contributed by atoms with van der Waals surface area (Å²) >= 11 is 11.0. The number of hydrogen-bond donors (Lipinski definition) is 1. The molecule has 0 saturated carbocycles. The predicted octanol–water partition coefficient (Wildman–Crippen LogP) is 4.93. The van der Waals surface area contributed by atoms with Crippen LogP contribution in [0.25, 0.3) is 0 Å². The topological polar surface area (TPSA) is 20.2 Å². The van der Waals surface area contributed by atoms with Crippen molar-refractivity contribution in [3.63, 3.8) is 0 Å². The summed E-state index contributed by atoms with van der Waals surface area (Å²) in [5, 5.41) is 10.8. The summed E-state index contributed by atoms with van der Waals surface area (Å²) < 4.78 is 0.974. The highest BCUT2D eigenvalue weighted by atomic mass is 79.9. The number of hydrogen-bond acceptors (Lipinski definition) is 2. The number of thioether (sulfide) groups is 1. The van der Waals surface area contributed by atoms with Crippen molar-refractivity contribution in [2.24, 2.45) is 0 Å². The summed E-state index contributed by atoms with van der Waals surface area (Å²) in [6, 6.07) is 15.4. The van der Waals surface area contributed by atoms with Crippen LogP contribution in [0, 0.1) is 0 Å². The molecule has 1 N–H and O–H groups in total. The van der Waals surface area contributed by atoms with Crippen LogP contribution in [0.3, 0.4) is 0 Å². The zero-order valence-corrected chi connectivity index (χ0v) is 12.7. The summed E-state index contributed by atoms with van der Waals surface area (Å²) in [7, 11) is 0. The molecule has 0 amide bonds. The number of halogens is 2. The fraction of sp³-hybridized carbons (Fsp3) is 0.143. The van der Waals surface area contributed by atoms with E-state index in [1.165, 1.54) is 0 Å². The zero-order chi connectivity index (χ0) is 13.0. The normalized spacial score (nSPS) is 12.4. The Morgan fingerprint density at radius 2 is 1.94 bits per heavy atom. The molecule has 0 bridgehead atoms. The van der Waals surface area contributed by atoms with E-state index in [9.17, 15) is 5.11 Å². The van der Waals surface area contributed by atoms with E-state index in [0.717, 1.165) is 20.0 Å². The van der Waals surface area contributed by atoms with Gasteiger partial charge in [-0.2, -0.15) is 0 Å². The molecule has 0 saturated heterocycles. The summed E-state index contributed by atoms with van der Waals surface area (Å²) in [5.74, 6) is 0.584. The van der Waals surface area contributed by atoms with Gasteiger partial charge in [-0.15, -0.1) is 11.8 Å². The van der Waals surface area contributed by atoms with Crippen LogP contribution in [0.1, 0.15) is 11.7 Å². The van der Waals surface area contributed by atoms with E-state index in [4.69, 9.17) is 11.6 Å². The average Bonchev–Trinajstić information content (AvgIpc) is 2.37. The van der Waals surface area contributed by atoms with Crippen molar-refractivity contribution in [2.75, 3.05) is 5.75 Å². The van der Waals surface area contributed by atoms with Crippen LogP contribution >= 0.6 is 39.3 Å². The van der Waals surface area contributed by atoms with E-state index in [2.05, 4.69) is 15.9 Å². The first kappa shape index (κ1) is 13.9. The maximum atomic E-state index is 10.1. The minimum absolute atomic E-state index is 0.497. The minimum atomic E-state index is -0.497. The second-order valence-electron chi connectivity index (χ2n) is 3.81. The summed E-state index contributed by atoms with van der Waals surface area (Å²) in [6.07, 6.45) is -0.497. The van der Waals surface area contributed by atoms with Crippen LogP contribution in [-0.4, -0.2) is 10.9 Å². The van der Waals surface area contributed by atoms with Crippen molar-refractivity contribution >= 4 is 39.3 Å². The van der Waals surface area contributed by atoms with E-state index >= 15 is 0 Å². The molecule has 18 heavy (non-hydrogen) atoms. The van der Waals surface area contributed by atoms with E-state index < -0.39 is 6.10 Å². The molecule has 1 unspecified atom stereocenters. The lowest BCUT2D eigenvalue weighted by atomic mass is 10.1. The van der Waals surface area contributed by atoms with Crippen molar-refractivity contribution in [3.05, 3.63) is 63.6 Å². The highest BCUT2D eigenvalue weighted by Gasteiger charge is 2.09. The molecule has 0 aromatic heterocycles. The molecule has 2 rings (SSSR count). The predicted molar refractivity (Wildman–Crippen MR) is 81.3 cm³/mol. The van der Waals surface area contributed by atoms with E-state index in [1.807, 2.05) is 48.5 Å². The highest BCUT2D eigenvalue weighted by Crippen LogP contribution is 2.30. The standard InChI is InChI=1S/C14H12BrClOS/c15-11-5-3-4-10(8-11)13(17)9-18-14-7-2-1-6-12(14)16/h1-8,13,17H,9H2. The molecule has 2 aromatic rings. The Bertz CT molecular complexity index is 533. The van der Waals surface area contributed by atoms with E-state index in [1.54, 1.807) is 11.8 Å². The van der Waals surface area contributed by atoms with Crippen molar-refractivity contribution in [2.45, 2.75) is 11.0 Å². The molecule has 1 atom stereocenters. The van der Waals surface area contributed by atoms with Crippen LogP contribution in [0.15, 0.2) is 57.9 Å². The molecule has 1 nitrogen and oxygen atoms in total. The third-order valence-corrected chi connectivity index (χ3v) is 4.55. The van der Waals surface area contributed by atoms with Gasteiger partial charge in [-0.1, -0.05) is 51.8 Å². The molecular formula is C14H12BrClOS. The number of rotatable bonds is 4. The van der Waals surface area contributed by atoms with Gasteiger partial charge in [0.25, 0.3) is 0 Å². The van der Waals surface area contributed by atoms with Gasteiger partial charge in [-0.05, 0) is 29.8 Å². The van der Waals surface area contributed by atoms with Gasteiger partial charge >= 0.3 is 0 Å². The second kappa shape index (κ2) is 6.62. The SMILES string of the molecule is OC(CSc1ccccc1Cl)c1cccc(Br)c1. The Kier molecular flexibility index (Phi) is 5.13. The van der Waals surface area contributed by atoms with Gasteiger partial charge in [0.15, 0.2) is 0 Å². The van der Waals surface area contributed by atoms with E-state index in [0.29, 0.717) is 5.75 Å². The summed E-state index contributed by atoms with van der Waals surface area (Å²) in [6.45, 7) is 0. The first-order valence-electron chi connectivity index (χ1n) is 5.47.